The number of pyridine rings is 1. The van der Waals surface area contributed by atoms with Crippen molar-refractivity contribution < 1.29 is 8.42 Å². The van der Waals surface area contributed by atoms with E-state index in [2.05, 4.69) is 20.1 Å². The number of nitrogen functional groups attached to an aromatic ring is 1. The Morgan fingerprint density at radius 2 is 2.20 bits per heavy atom. The van der Waals surface area contributed by atoms with Crippen LogP contribution >= 0.6 is 11.3 Å². The first-order valence-electron chi connectivity index (χ1n) is 5.84. The summed E-state index contributed by atoms with van der Waals surface area (Å²) >= 11 is 1.50. The highest BCUT2D eigenvalue weighted by atomic mass is 32.2. The maximum atomic E-state index is 12.1. The molecular weight excluding hydrogens is 298 g/mol. The maximum absolute atomic E-state index is 12.1. The van der Waals surface area contributed by atoms with Gasteiger partial charge in [-0.2, -0.15) is 0 Å². The maximum Gasteiger partial charge on any atom is 0.240 e. The molecule has 0 saturated heterocycles. The molecule has 0 fully saturated rings. The molecule has 7 nitrogen and oxygen atoms in total. The second-order valence-electron chi connectivity index (χ2n) is 4.14. The molecule has 0 bridgehead atoms. The molecule has 1 atom stereocenters. The summed E-state index contributed by atoms with van der Waals surface area (Å²) in [4.78, 5) is 8.15. The first-order chi connectivity index (χ1) is 9.53. The van der Waals surface area contributed by atoms with Crippen molar-refractivity contribution in [3.63, 3.8) is 0 Å². The number of hydrogen-bond donors (Lipinski definition) is 3. The Hall–Kier alpha value is -1.55. The van der Waals surface area contributed by atoms with Crippen molar-refractivity contribution in [3.8, 4) is 0 Å². The van der Waals surface area contributed by atoms with Gasteiger partial charge in [-0.15, -0.1) is 11.3 Å². The monoisotopic (exact) mass is 313 g/mol. The van der Waals surface area contributed by atoms with Crippen LogP contribution in [-0.2, 0) is 10.0 Å². The summed E-state index contributed by atoms with van der Waals surface area (Å²) in [5.74, 6) is 5.52. The van der Waals surface area contributed by atoms with Gasteiger partial charge >= 0.3 is 0 Å². The van der Waals surface area contributed by atoms with Crippen LogP contribution in [0.2, 0.25) is 0 Å². The summed E-state index contributed by atoms with van der Waals surface area (Å²) in [6, 6.07) is 2.79. The SMILES string of the molecule is CC(CNS(=O)(=O)c1ccnc(NN)c1)c1nccs1. The van der Waals surface area contributed by atoms with Crippen LogP contribution < -0.4 is 16.0 Å². The van der Waals surface area contributed by atoms with E-state index in [0.717, 1.165) is 5.01 Å². The lowest BCUT2D eigenvalue weighted by molar-refractivity contribution is 0.574. The van der Waals surface area contributed by atoms with Gasteiger partial charge in [-0.25, -0.2) is 29.0 Å². The Kier molecular flexibility index (Phi) is 4.65. The van der Waals surface area contributed by atoms with Gasteiger partial charge in [0.2, 0.25) is 10.0 Å². The third-order valence-corrected chi connectivity index (χ3v) is 5.07. The van der Waals surface area contributed by atoms with Crippen LogP contribution in [0.3, 0.4) is 0 Å². The Morgan fingerprint density at radius 3 is 2.85 bits per heavy atom. The fraction of sp³-hybridized carbons (Fsp3) is 0.273. The van der Waals surface area contributed by atoms with Crippen molar-refractivity contribution in [2.45, 2.75) is 17.7 Å². The van der Waals surface area contributed by atoms with Crippen molar-refractivity contribution in [2.24, 2.45) is 5.84 Å². The van der Waals surface area contributed by atoms with Gasteiger partial charge in [0.15, 0.2) is 0 Å². The minimum absolute atomic E-state index is 0.0127. The molecule has 0 aliphatic heterocycles. The molecule has 0 radical (unpaired) electrons. The Balaban J connectivity index is 2.07. The zero-order valence-corrected chi connectivity index (χ0v) is 12.4. The summed E-state index contributed by atoms with van der Waals surface area (Å²) in [6.45, 7) is 2.20. The summed E-state index contributed by atoms with van der Waals surface area (Å²) in [5.41, 5.74) is 2.32. The topological polar surface area (TPSA) is 110 Å². The highest BCUT2D eigenvalue weighted by Crippen LogP contribution is 2.18. The quantitative estimate of drug-likeness (QED) is 0.540. The van der Waals surface area contributed by atoms with Crippen molar-refractivity contribution in [2.75, 3.05) is 12.0 Å². The predicted octanol–water partition coefficient (Wildman–Crippen LogP) is 0.906. The number of hydrazine groups is 1. The number of sulfonamides is 1. The lowest BCUT2D eigenvalue weighted by atomic mass is 10.2. The summed E-state index contributed by atoms with van der Waals surface area (Å²) in [7, 11) is -3.59. The normalized spacial score (nSPS) is 13.1. The lowest BCUT2D eigenvalue weighted by Crippen LogP contribution is -2.28. The molecule has 0 amide bonds. The van der Waals surface area contributed by atoms with Crippen LogP contribution in [0.25, 0.3) is 0 Å². The smallest absolute Gasteiger partial charge is 0.240 e. The first kappa shape index (κ1) is 14.9. The number of nitrogens with one attached hydrogen (secondary N) is 2. The van der Waals surface area contributed by atoms with Crippen LogP contribution in [-0.4, -0.2) is 24.9 Å². The fourth-order valence-electron chi connectivity index (χ4n) is 1.54. The van der Waals surface area contributed by atoms with Gasteiger partial charge in [0.25, 0.3) is 0 Å². The minimum atomic E-state index is -3.59. The molecule has 2 heterocycles. The zero-order chi connectivity index (χ0) is 14.6. The van der Waals surface area contributed by atoms with Gasteiger partial charge in [-0.3, -0.25) is 0 Å². The van der Waals surface area contributed by atoms with Crippen molar-refractivity contribution in [1.29, 1.82) is 0 Å². The largest absolute Gasteiger partial charge is 0.308 e. The highest BCUT2D eigenvalue weighted by Gasteiger charge is 2.17. The molecule has 0 aliphatic rings. The van der Waals surface area contributed by atoms with Gasteiger partial charge < -0.3 is 5.43 Å². The Morgan fingerprint density at radius 1 is 1.40 bits per heavy atom. The molecule has 2 aromatic rings. The van der Waals surface area contributed by atoms with Gasteiger partial charge in [-0.1, -0.05) is 6.92 Å². The van der Waals surface area contributed by atoms with Gasteiger partial charge in [0, 0.05) is 36.3 Å². The molecule has 0 aliphatic carbocycles. The number of nitrogens with two attached hydrogens (primary N) is 1. The second-order valence-corrected chi connectivity index (χ2v) is 6.84. The third kappa shape index (κ3) is 3.51. The van der Waals surface area contributed by atoms with E-state index in [1.807, 2.05) is 12.3 Å². The number of nitrogens with zero attached hydrogens (tertiary/aromatic N) is 2. The number of thiazole rings is 1. The number of hydrogen-bond acceptors (Lipinski definition) is 7. The number of rotatable bonds is 6. The average Bonchev–Trinajstić information content (AvgIpc) is 2.99. The van der Waals surface area contributed by atoms with E-state index in [9.17, 15) is 8.42 Å². The highest BCUT2D eigenvalue weighted by molar-refractivity contribution is 7.89. The van der Waals surface area contributed by atoms with Crippen LogP contribution in [0.5, 0.6) is 0 Å². The molecule has 2 rings (SSSR count). The van der Waals surface area contributed by atoms with E-state index in [0.29, 0.717) is 5.82 Å². The van der Waals surface area contributed by atoms with Crippen LogP contribution in [0.1, 0.15) is 17.8 Å². The lowest BCUT2D eigenvalue weighted by Gasteiger charge is -2.11. The molecule has 1 unspecified atom stereocenters. The van der Waals surface area contributed by atoms with E-state index in [1.54, 1.807) is 6.20 Å². The van der Waals surface area contributed by atoms with Crippen LogP contribution in [0.15, 0.2) is 34.8 Å². The van der Waals surface area contributed by atoms with E-state index < -0.39 is 10.0 Å². The third-order valence-electron chi connectivity index (χ3n) is 2.64. The van der Waals surface area contributed by atoms with Crippen LogP contribution in [0, 0.1) is 0 Å². The number of anilines is 1. The summed E-state index contributed by atoms with van der Waals surface area (Å²) in [6.07, 6.45) is 3.08. The molecule has 0 aromatic carbocycles. The van der Waals surface area contributed by atoms with Gasteiger partial charge in [0.1, 0.15) is 5.82 Å². The fourth-order valence-corrected chi connectivity index (χ4v) is 3.38. The summed E-state index contributed by atoms with van der Waals surface area (Å²) in [5, 5.41) is 2.76. The summed E-state index contributed by atoms with van der Waals surface area (Å²) < 4.78 is 26.9. The molecule has 2 aromatic heterocycles. The van der Waals surface area contributed by atoms with Crippen LogP contribution in [0.4, 0.5) is 5.82 Å². The molecule has 4 N–H and O–H groups in total. The second kappa shape index (κ2) is 6.27. The zero-order valence-electron chi connectivity index (χ0n) is 10.8. The molecule has 9 heteroatoms. The molecule has 20 heavy (non-hydrogen) atoms. The van der Waals surface area contributed by atoms with Gasteiger partial charge in [-0.05, 0) is 6.07 Å². The van der Waals surface area contributed by atoms with Crippen molar-refractivity contribution >= 4 is 27.2 Å². The Bertz CT molecular complexity index is 657. The van der Waals surface area contributed by atoms with Crippen molar-refractivity contribution in [1.82, 2.24) is 14.7 Å². The standard InChI is InChI=1S/C11H15N5O2S2/c1-8(11-14-4-5-19-11)7-15-20(17,18)9-2-3-13-10(6-9)16-12/h2-6,8,15H,7,12H2,1H3,(H,13,16). The molecule has 0 saturated carbocycles. The van der Waals surface area contributed by atoms with E-state index >= 15 is 0 Å². The van der Waals surface area contributed by atoms with E-state index in [1.165, 1.54) is 29.7 Å². The van der Waals surface area contributed by atoms with Gasteiger partial charge in [0.05, 0.1) is 9.90 Å². The average molecular weight is 313 g/mol. The predicted molar refractivity (Wildman–Crippen MR) is 77.8 cm³/mol. The molecule has 0 spiro atoms. The molecule has 108 valence electrons. The minimum Gasteiger partial charge on any atom is -0.308 e. The van der Waals surface area contributed by atoms with E-state index in [-0.39, 0.29) is 17.4 Å². The van der Waals surface area contributed by atoms with E-state index in [4.69, 9.17) is 5.84 Å². The first-order valence-corrected chi connectivity index (χ1v) is 8.21. The number of aromatic nitrogens is 2. The Labute approximate surface area is 121 Å². The molecular formula is C11H15N5O2S2. The van der Waals surface area contributed by atoms with Crippen molar-refractivity contribution in [3.05, 3.63) is 34.9 Å².